The average molecular weight is 620 g/mol. The lowest BCUT2D eigenvalue weighted by atomic mass is 9.72. The maximum Gasteiger partial charge on any atom is 0.414 e. The van der Waals surface area contributed by atoms with Crippen molar-refractivity contribution < 1.29 is 74.3 Å². The van der Waals surface area contributed by atoms with E-state index in [1.165, 1.54) is 18.2 Å². The van der Waals surface area contributed by atoms with Crippen molar-refractivity contribution in [1.82, 2.24) is 0 Å². The maximum absolute atomic E-state index is 13.4. The van der Waals surface area contributed by atoms with Gasteiger partial charge in [-0.2, -0.15) is 0 Å². The van der Waals surface area contributed by atoms with E-state index in [0.717, 1.165) is 0 Å². The molecule has 0 amide bonds. The summed E-state index contributed by atoms with van der Waals surface area (Å²) in [4.78, 5) is 57.5. The number of ether oxygens (including phenoxy) is 2. The minimum Gasteiger partial charge on any atom is -0.507 e. The molecular formula is C28H29NO15. The van der Waals surface area contributed by atoms with Crippen molar-refractivity contribution in [2.24, 2.45) is 5.73 Å². The van der Waals surface area contributed by atoms with Crippen molar-refractivity contribution in [3.05, 3.63) is 51.6 Å². The van der Waals surface area contributed by atoms with Crippen LogP contribution < -0.4 is 5.73 Å². The number of aromatic hydroxyl groups is 3. The summed E-state index contributed by atoms with van der Waals surface area (Å²) in [7, 11) is 0. The van der Waals surface area contributed by atoms with Crippen molar-refractivity contribution in [1.29, 1.82) is 0 Å². The predicted octanol–water partition coefficient (Wildman–Crippen LogP) is -1.15. The van der Waals surface area contributed by atoms with Gasteiger partial charge in [0.1, 0.15) is 29.5 Å². The lowest BCUT2D eigenvalue weighted by Gasteiger charge is -2.42. The molecule has 16 heteroatoms. The Balaban J connectivity index is 0.000000670. The number of nitrogens with two attached hydrogens (primary N) is 1. The Hall–Kier alpha value is -4.45. The fraction of sp³-hybridized carbons (Fsp3) is 0.393. The number of Topliss-reactive ketones (excluding diaryl/α,β-unsaturated/α-hetero) is 1. The van der Waals surface area contributed by atoms with E-state index in [0.29, 0.717) is 0 Å². The third kappa shape index (κ3) is 5.49. The number of aliphatic carboxylic acids is 2. The summed E-state index contributed by atoms with van der Waals surface area (Å²) in [6.07, 6.45) is -5.27. The molecule has 1 aliphatic heterocycles. The van der Waals surface area contributed by atoms with Gasteiger partial charge in [0, 0.05) is 42.0 Å². The first-order valence-corrected chi connectivity index (χ1v) is 13.1. The number of carbonyl (C=O) groups is 5. The van der Waals surface area contributed by atoms with Gasteiger partial charge in [-0.3, -0.25) is 14.4 Å². The summed E-state index contributed by atoms with van der Waals surface area (Å²) >= 11 is 0. The highest BCUT2D eigenvalue weighted by molar-refractivity contribution is 6.31. The van der Waals surface area contributed by atoms with Crippen LogP contribution in [-0.2, 0) is 30.3 Å². The van der Waals surface area contributed by atoms with Crippen LogP contribution in [0.5, 0.6) is 17.2 Å². The molecule has 1 fully saturated rings. The predicted molar refractivity (Wildman–Crippen MR) is 142 cm³/mol. The molecule has 2 aromatic rings. The van der Waals surface area contributed by atoms with Gasteiger partial charge >= 0.3 is 11.9 Å². The molecule has 10 N–H and O–H groups in total. The first-order valence-electron chi connectivity index (χ1n) is 13.1. The van der Waals surface area contributed by atoms with E-state index in [-0.39, 0.29) is 28.7 Å². The molecule has 3 aliphatic rings. The highest BCUT2D eigenvalue weighted by Gasteiger charge is 2.50. The molecule has 0 saturated carbocycles. The molecule has 16 nitrogen and oxygen atoms in total. The van der Waals surface area contributed by atoms with Gasteiger partial charge in [0.25, 0.3) is 0 Å². The van der Waals surface area contributed by atoms with Crippen LogP contribution >= 0.6 is 0 Å². The molecule has 2 aliphatic carbocycles. The van der Waals surface area contributed by atoms with Gasteiger partial charge in [0.2, 0.25) is 5.78 Å². The van der Waals surface area contributed by atoms with Crippen molar-refractivity contribution in [3.63, 3.8) is 0 Å². The van der Waals surface area contributed by atoms with Gasteiger partial charge in [0.15, 0.2) is 17.9 Å². The number of hydrogen-bond acceptors (Lipinski definition) is 14. The Kier molecular flexibility index (Phi) is 8.79. The van der Waals surface area contributed by atoms with E-state index in [2.05, 4.69) is 0 Å². The third-order valence-electron chi connectivity index (χ3n) is 7.78. The lowest BCUT2D eigenvalue weighted by Crippen LogP contribution is -2.53. The van der Waals surface area contributed by atoms with Crippen molar-refractivity contribution in [2.45, 2.75) is 62.4 Å². The molecule has 2 aromatic carbocycles. The van der Waals surface area contributed by atoms with E-state index in [9.17, 15) is 45.0 Å². The van der Waals surface area contributed by atoms with Crippen LogP contribution in [0.1, 0.15) is 68.8 Å². The monoisotopic (exact) mass is 619 g/mol. The van der Waals surface area contributed by atoms with E-state index >= 15 is 0 Å². The molecule has 0 radical (unpaired) electrons. The molecule has 0 bridgehead atoms. The van der Waals surface area contributed by atoms with Crippen molar-refractivity contribution >= 4 is 29.3 Å². The number of hydrogen-bond donors (Lipinski definition) is 9. The van der Waals surface area contributed by atoms with Gasteiger partial charge in [-0.1, -0.05) is 12.1 Å². The van der Waals surface area contributed by atoms with Crippen molar-refractivity contribution in [2.75, 3.05) is 6.61 Å². The second-order valence-electron chi connectivity index (χ2n) is 10.6. The highest BCUT2D eigenvalue weighted by Crippen LogP contribution is 2.52. The number of carbonyl (C=O) groups excluding carboxylic acids is 3. The topological polar surface area (TPSA) is 292 Å². The van der Waals surface area contributed by atoms with Crippen LogP contribution in [0, 0.1) is 0 Å². The molecule has 6 atom stereocenters. The van der Waals surface area contributed by atoms with E-state index < -0.39 is 113 Å². The molecule has 5 rings (SSSR count). The number of carboxylic acid groups (broad SMARTS) is 2. The Bertz CT molecular complexity index is 1540. The summed E-state index contributed by atoms with van der Waals surface area (Å²) in [6, 6.07) is 3.09. The molecule has 44 heavy (non-hydrogen) atoms. The lowest BCUT2D eigenvalue weighted by molar-refractivity contribution is -0.247. The van der Waals surface area contributed by atoms with Gasteiger partial charge < -0.3 is 56.1 Å². The fourth-order valence-electron chi connectivity index (χ4n) is 5.59. The summed E-state index contributed by atoms with van der Waals surface area (Å²) in [5.41, 5.74) is 1.70. The van der Waals surface area contributed by atoms with Gasteiger partial charge in [-0.05, 0) is 13.0 Å². The zero-order valence-corrected chi connectivity index (χ0v) is 23.0. The Labute approximate surface area is 247 Å². The number of aliphatic hydroxyl groups is 3. The molecule has 4 unspecified atom stereocenters. The quantitative estimate of drug-likeness (QED) is 0.123. The van der Waals surface area contributed by atoms with Crippen LogP contribution in [0.4, 0.5) is 0 Å². The number of fused-ring (bicyclic) bond motifs is 3. The molecule has 0 spiro atoms. The number of phenols is 3. The van der Waals surface area contributed by atoms with Crippen LogP contribution in [0.15, 0.2) is 18.2 Å². The van der Waals surface area contributed by atoms with Gasteiger partial charge in [-0.15, -0.1) is 0 Å². The molecular weight excluding hydrogens is 590 g/mol. The Morgan fingerprint density at radius 3 is 2.20 bits per heavy atom. The highest BCUT2D eigenvalue weighted by atomic mass is 16.7. The first kappa shape index (κ1) is 32.5. The molecule has 0 aromatic heterocycles. The van der Waals surface area contributed by atoms with E-state index in [4.69, 9.17) is 35.0 Å². The number of ketones is 3. The largest absolute Gasteiger partial charge is 0.507 e. The summed E-state index contributed by atoms with van der Waals surface area (Å²) < 4.78 is 11.7. The van der Waals surface area contributed by atoms with Crippen LogP contribution in [0.3, 0.4) is 0 Å². The summed E-state index contributed by atoms with van der Waals surface area (Å²) in [5.74, 6) is -8.37. The number of aliphatic hydroxyl groups excluding tert-OH is 2. The first-order chi connectivity index (χ1) is 20.5. The van der Waals surface area contributed by atoms with Crippen molar-refractivity contribution in [3.8, 4) is 17.2 Å². The Morgan fingerprint density at radius 1 is 1.02 bits per heavy atom. The molecule has 236 valence electrons. The van der Waals surface area contributed by atoms with E-state index in [1.807, 2.05) is 0 Å². The average Bonchev–Trinajstić information content (AvgIpc) is 2.95. The SMILES string of the molecule is CC1OC(O[C@@H]2C[C@@](O)(C(=O)CO)Cc3c(O)c4c(c(O)c32)C(=O)c2c(O)cccc2C4=O)CC(N)C1O.O=C(O)C(=O)O. The normalized spacial score (nSPS) is 27.2. The summed E-state index contributed by atoms with van der Waals surface area (Å²) in [5, 5.41) is 78.4. The number of benzene rings is 2. The maximum atomic E-state index is 13.4. The molecule has 1 saturated heterocycles. The number of rotatable bonds is 4. The molecule has 1 heterocycles. The second-order valence-corrected chi connectivity index (χ2v) is 10.6. The van der Waals surface area contributed by atoms with Gasteiger partial charge in [0.05, 0.1) is 35.0 Å². The van der Waals surface area contributed by atoms with Crippen LogP contribution in [0.2, 0.25) is 0 Å². The second kappa shape index (κ2) is 11.9. The number of carboxylic acids is 2. The van der Waals surface area contributed by atoms with Crippen LogP contribution in [0.25, 0.3) is 0 Å². The standard InChI is InChI=1S/C26H27NO11.C2H2O4/c1-9-21(31)12(27)5-16(37-9)38-14-7-26(36,15(30)8-28)6-11-18(14)25(35)20-19(23(11)33)22(32)10-3-2-4-13(29)17(10)24(20)34;3-1(4)2(5)6/h2-4,9,12,14,16,21,28-29,31,33,35-36H,5-8,27H2,1H3;(H,3,4)(H,5,6)/t9?,12?,14-,16?,21?,26-;/m1./s1. The minimum atomic E-state index is -2.26. The minimum absolute atomic E-state index is 0.0000635. The zero-order valence-electron chi connectivity index (χ0n) is 23.0. The fourth-order valence-corrected chi connectivity index (χ4v) is 5.59. The Morgan fingerprint density at radius 2 is 1.64 bits per heavy atom. The third-order valence-corrected chi connectivity index (χ3v) is 7.78. The van der Waals surface area contributed by atoms with Crippen LogP contribution in [-0.4, -0.2) is 107 Å². The number of phenolic OH excluding ortho intramolecular Hbond substituents is 3. The smallest absolute Gasteiger partial charge is 0.414 e. The summed E-state index contributed by atoms with van der Waals surface area (Å²) in [6.45, 7) is 0.530. The van der Waals surface area contributed by atoms with E-state index in [1.54, 1.807) is 6.92 Å². The zero-order chi connectivity index (χ0) is 32.8. The van der Waals surface area contributed by atoms with Gasteiger partial charge in [-0.25, -0.2) is 9.59 Å².